The highest BCUT2D eigenvalue weighted by atomic mass is 19.1. The first-order chi connectivity index (χ1) is 13.2. The van der Waals surface area contributed by atoms with Crippen LogP contribution in [0.1, 0.15) is 24.0 Å². The van der Waals surface area contributed by atoms with Crippen LogP contribution in [0.25, 0.3) is 16.9 Å². The molecule has 140 valence electrons. The summed E-state index contributed by atoms with van der Waals surface area (Å²) in [6.07, 6.45) is 4.55. The predicted octanol–water partition coefficient (Wildman–Crippen LogP) is 4.59. The van der Waals surface area contributed by atoms with Crippen molar-refractivity contribution in [2.45, 2.75) is 26.3 Å². The van der Waals surface area contributed by atoms with E-state index in [9.17, 15) is 4.39 Å². The average molecular weight is 365 g/mol. The number of hydrogen-bond acceptors (Lipinski definition) is 3. The SMILES string of the molecule is COc1ccc(-c2nn(-c3ccccc3C)cc2CN2CCCC2)cc1F. The van der Waals surface area contributed by atoms with Gasteiger partial charge in [0.2, 0.25) is 0 Å². The zero-order valence-electron chi connectivity index (χ0n) is 15.8. The van der Waals surface area contributed by atoms with Crippen LogP contribution in [0.3, 0.4) is 0 Å². The first-order valence-corrected chi connectivity index (χ1v) is 9.36. The van der Waals surface area contributed by atoms with E-state index in [0.29, 0.717) is 0 Å². The van der Waals surface area contributed by atoms with Gasteiger partial charge in [-0.2, -0.15) is 5.10 Å². The lowest BCUT2D eigenvalue weighted by Gasteiger charge is -2.14. The summed E-state index contributed by atoms with van der Waals surface area (Å²) in [5.74, 6) is -0.120. The Labute approximate surface area is 159 Å². The fraction of sp³-hybridized carbons (Fsp3) is 0.318. The van der Waals surface area contributed by atoms with E-state index in [0.717, 1.165) is 47.7 Å². The predicted molar refractivity (Wildman–Crippen MR) is 105 cm³/mol. The summed E-state index contributed by atoms with van der Waals surface area (Å²) in [6.45, 7) is 5.11. The third-order valence-electron chi connectivity index (χ3n) is 5.17. The summed E-state index contributed by atoms with van der Waals surface area (Å²) in [6, 6.07) is 13.2. The third kappa shape index (κ3) is 3.60. The number of likely N-dealkylation sites (tertiary alicyclic amines) is 1. The Morgan fingerprint density at radius 2 is 1.89 bits per heavy atom. The minimum atomic E-state index is -0.368. The molecule has 0 N–H and O–H groups in total. The minimum absolute atomic E-state index is 0.248. The second-order valence-corrected chi connectivity index (χ2v) is 7.07. The number of methoxy groups -OCH3 is 1. The van der Waals surface area contributed by atoms with Crippen LogP contribution >= 0.6 is 0 Å². The normalized spacial score (nSPS) is 14.6. The van der Waals surface area contributed by atoms with Crippen LogP contribution in [-0.4, -0.2) is 34.9 Å². The first-order valence-electron chi connectivity index (χ1n) is 9.36. The maximum atomic E-state index is 14.3. The highest BCUT2D eigenvalue weighted by Crippen LogP contribution is 2.29. The number of rotatable bonds is 5. The average Bonchev–Trinajstić information content (AvgIpc) is 3.32. The number of aryl methyl sites for hydroxylation is 1. The van der Waals surface area contributed by atoms with Crippen LogP contribution in [0.4, 0.5) is 4.39 Å². The van der Waals surface area contributed by atoms with Crippen LogP contribution in [0, 0.1) is 12.7 Å². The molecule has 2 aromatic carbocycles. The highest BCUT2D eigenvalue weighted by molar-refractivity contribution is 5.64. The fourth-order valence-corrected chi connectivity index (χ4v) is 3.71. The molecule has 0 atom stereocenters. The summed E-state index contributed by atoms with van der Waals surface area (Å²) in [4.78, 5) is 2.43. The summed E-state index contributed by atoms with van der Waals surface area (Å²) in [5, 5.41) is 4.83. The number of nitrogens with zero attached hydrogens (tertiary/aromatic N) is 3. The van der Waals surface area contributed by atoms with Crippen LogP contribution in [0.5, 0.6) is 5.75 Å². The maximum Gasteiger partial charge on any atom is 0.165 e. The van der Waals surface area contributed by atoms with Crippen LogP contribution < -0.4 is 4.74 Å². The Kier molecular flexibility index (Phi) is 4.94. The molecule has 0 amide bonds. The van der Waals surface area contributed by atoms with E-state index in [4.69, 9.17) is 9.84 Å². The molecule has 2 heterocycles. The molecule has 1 aliphatic heterocycles. The lowest BCUT2D eigenvalue weighted by molar-refractivity contribution is 0.332. The van der Waals surface area contributed by atoms with Crippen LogP contribution in [0.2, 0.25) is 0 Å². The molecular formula is C22H24FN3O. The second kappa shape index (κ2) is 7.53. The lowest BCUT2D eigenvalue weighted by atomic mass is 10.1. The van der Waals surface area contributed by atoms with Gasteiger partial charge in [-0.3, -0.25) is 4.90 Å². The van der Waals surface area contributed by atoms with E-state index in [-0.39, 0.29) is 11.6 Å². The molecule has 1 fully saturated rings. The summed E-state index contributed by atoms with van der Waals surface area (Å²) in [5.41, 5.74) is 4.91. The number of benzene rings is 2. The molecule has 0 aliphatic carbocycles. The molecule has 1 aromatic heterocycles. The van der Waals surface area contributed by atoms with Gasteiger partial charge in [0.25, 0.3) is 0 Å². The van der Waals surface area contributed by atoms with Crippen molar-refractivity contribution in [3.05, 3.63) is 65.6 Å². The van der Waals surface area contributed by atoms with Crippen molar-refractivity contribution in [1.29, 1.82) is 0 Å². The quantitative estimate of drug-likeness (QED) is 0.662. The van der Waals surface area contributed by atoms with Gasteiger partial charge in [-0.05, 0) is 62.7 Å². The third-order valence-corrected chi connectivity index (χ3v) is 5.17. The van der Waals surface area contributed by atoms with E-state index in [1.54, 1.807) is 6.07 Å². The number of hydrogen-bond donors (Lipinski definition) is 0. The van der Waals surface area contributed by atoms with Gasteiger partial charge in [-0.25, -0.2) is 9.07 Å². The molecule has 0 bridgehead atoms. The van der Waals surface area contributed by atoms with E-state index < -0.39 is 0 Å². The van der Waals surface area contributed by atoms with Gasteiger partial charge in [-0.1, -0.05) is 18.2 Å². The van der Waals surface area contributed by atoms with Gasteiger partial charge in [0.15, 0.2) is 11.6 Å². The number of aromatic nitrogens is 2. The van der Waals surface area contributed by atoms with Gasteiger partial charge in [0, 0.05) is 23.9 Å². The maximum absolute atomic E-state index is 14.3. The van der Waals surface area contributed by atoms with Gasteiger partial charge in [-0.15, -0.1) is 0 Å². The Morgan fingerprint density at radius 3 is 2.59 bits per heavy atom. The summed E-state index contributed by atoms with van der Waals surface area (Å²) < 4.78 is 21.3. The van der Waals surface area contributed by atoms with Crippen molar-refractivity contribution in [3.8, 4) is 22.7 Å². The van der Waals surface area contributed by atoms with Gasteiger partial charge in [0.1, 0.15) is 0 Å². The Hall–Kier alpha value is -2.66. The molecule has 4 rings (SSSR count). The zero-order chi connectivity index (χ0) is 18.8. The highest BCUT2D eigenvalue weighted by Gasteiger charge is 2.19. The second-order valence-electron chi connectivity index (χ2n) is 7.07. The minimum Gasteiger partial charge on any atom is -0.494 e. The zero-order valence-corrected chi connectivity index (χ0v) is 15.8. The number of halogens is 1. The number of para-hydroxylation sites is 1. The summed E-state index contributed by atoms with van der Waals surface area (Å²) in [7, 11) is 1.48. The van der Waals surface area contributed by atoms with Crippen molar-refractivity contribution in [1.82, 2.24) is 14.7 Å². The molecule has 0 spiro atoms. The first kappa shape index (κ1) is 17.7. The van der Waals surface area contributed by atoms with Crippen molar-refractivity contribution in [2.75, 3.05) is 20.2 Å². The van der Waals surface area contributed by atoms with Crippen LogP contribution in [0.15, 0.2) is 48.7 Å². The smallest absolute Gasteiger partial charge is 0.165 e. The Bertz CT molecular complexity index is 944. The molecule has 4 nitrogen and oxygen atoms in total. The summed E-state index contributed by atoms with van der Waals surface area (Å²) >= 11 is 0. The monoisotopic (exact) mass is 365 g/mol. The molecule has 3 aromatic rings. The molecule has 0 unspecified atom stereocenters. The molecule has 0 saturated carbocycles. The molecule has 0 radical (unpaired) electrons. The van der Waals surface area contributed by atoms with Crippen molar-refractivity contribution in [3.63, 3.8) is 0 Å². The standard InChI is InChI=1S/C22H24FN3O/c1-16-7-3-4-8-20(16)26-15-18(14-25-11-5-6-12-25)22(24-26)17-9-10-21(27-2)19(23)13-17/h3-4,7-10,13,15H,5-6,11-12,14H2,1-2H3. The Morgan fingerprint density at radius 1 is 1.11 bits per heavy atom. The van der Waals surface area contributed by atoms with Crippen LogP contribution in [-0.2, 0) is 6.54 Å². The van der Waals surface area contributed by atoms with Crippen molar-refractivity contribution in [2.24, 2.45) is 0 Å². The van der Waals surface area contributed by atoms with Gasteiger partial charge < -0.3 is 4.74 Å². The van der Waals surface area contributed by atoms with E-state index >= 15 is 0 Å². The van der Waals surface area contributed by atoms with E-state index in [1.807, 2.05) is 22.9 Å². The topological polar surface area (TPSA) is 30.3 Å². The Balaban J connectivity index is 1.78. The molecule has 27 heavy (non-hydrogen) atoms. The number of ether oxygens (including phenoxy) is 1. The van der Waals surface area contributed by atoms with E-state index in [1.165, 1.54) is 26.0 Å². The fourth-order valence-electron chi connectivity index (χ4n) is 3.71. The van der Waals surface area contributed by atoms with Crippen molar-refractivity contribution < 1.29 is 9.13 Å². The van der Waals surface area contributed by atoms with Gasteiger partial charge in [0.05, 0.1) is 18.5 Å². The van der Waals surface area contributed by atoms with E-state index in [2.05, 4.69) is 30.2 Å². The molecule has 1 saturated heterocycles. The lowest BCUT2D eigenvalue weighted by Crippen LogP contribution is -2.18. The van der Waals surface area contributed by atoms with Gasteiger partial charge >= 0.3 is 0 Å². The van der Waals surface area contributed by atoms with Crippen molar-refractivity contribution >= 4 is 0 Å². The molecule has 5 heteroatoms. The largest absolute Gasteiger partial charge is 0.494 e. The molecule has 1 aliphatic rings. The molecular weight excluding hydrogens is 341 g/mol.